The van der Waals surface area contributed by atoms with E-state index in [4.69, 9.17) is 5.21 Å². The van der Waals surface area contributed by atoms with Gasteiger partial charge in [0.25, 0.3) is 0 Å². The Bertz CT molecular complexity index is 88.4. The van der Waals surface area contributed by atoms with Crippen LogP contribution in [-0.4, -0.2) is 36.5 Å². The van der Waals surface area contributed by atoms with E-state index in [0.717, 1.165) is 12.3 Å². The quantitative estimate of drug-likeness (QED) is 0.322. The molecule has 3 nitrogen and oxygen atoms in total. The molecule has 0 unspecified atom stereocenters. The lowest BCUT2D eigenvalue weighted by Gasteiger charge is -2.05. The maximum absolute atomic E-state index is 8.14. The standard InChI is InChI=1S/C5H12N2O/c1-5(6-8)4-7(2)3/h8H,4H2,1-3H3/b6-5+. The second-order valence-corrected chi connectivity index (χ2v) is 2.07. The van der Waals surface area contributed by atoms with Crippen molar-refractivity contribution in [2.75, 3.05) is 20.6 Å². The van der Waals surface area contributed by atoms with Crippen LogP contribution in [-0.2, 0) is 0 Å². The fraction of sp³-hybridized carbons (Fsp3) is 0.800. The fourth-order valence-electron chi connectivity index (χ4n) is 0.489. The van der Waals surface area contributed by atoms with Crippen LogP contribution in [0.2, 0.25) is 0 Å². The van der Waals surface area contributed by atoms with Crippen LogP contribution in [0.4, 0.5) is 0 Å². The topological polar surface area (TPSA) is 35.8 Å². The number of rotatable bonds is 2. The van der Waals surface area contributed by atoms with Crippen molar-refractivity contribution in [2.24, 2.45) is 5.16 Å². The van der Waals surface area contributed by atoms with Gasteiger partial charge in [0.15, 0.2) is 0 Å². The van der Waals surface area contributed by atoms with Crippen LogP contribution >= 0.6 is 0 Å². The first-order valence-corrected chi connectivity index (χ1v) is 2.49. The summed E-state index contributed by atoms with van der Waals surface area (Å²) < 4.78 is 0. The average Bonchev–Trinajstić information content (AvgIpc) is 1.65. The highest BCUT2D eigenvalue weighted by molar-refractivity contribution is 5.83. The maximum atomic E-state index is 8.14. The van der Waals surface area contributed by atoms with Crippen molar-refractivity contribution in [1.29, 1.82) is 0 Å². The molecule has 0 radical (unpaired) electrons. The molecule has 0 amide bonds. The molecule has 0 aliphatic heterocycles. The average molecular weight is 116 g/mol. The van der Waals surface area contributed by atoms with Crippen LogP contribution in [0.25, 0.3) is 0 Å². The minimum atomic E-state index is 0.719. The molecule has 3 heteroatoms. The summed E-state index contributed by atoms with van der Waals surface area (Å²) in [4.78, 5) is 1.94. The molecule has 0 heterocycles. The van der Waals surface area contributed by atoms with Gasteiger partial charge in [0, 0.05) is 6.54 Å². The van der Waals surface area contributed by atoms with Gasteiger partial charge in [-0.3, -0.25) is 0 Å². The maximum Gasteiger partial charge on any atom is 0.0679 e. The smallest absolute Gasteiger partial charge is 0.0679 e. The summed E-state index contributed by atoms with van der Waals surface area (Å²) in [6.07, 6.45) is 0. The molecule has 8 heavy (non-hydrogen) atoms. The van der Waals surface area contributed by atoms with Gasteiger partial charge in [-0.2, -0.15) is 0 Å². The fourth-order valence-corrected chi connectivity index (χ4v) is 0.489. The molecule has 48 valence electrons. The van der Waals surface area contributed by atoms with Crippen molar-refractivity contribution in [1.82, 2.24) is 4.90 Å². The van der Waals surface area contributed by atoms with Gasteiger partial charge in [0.05, 0.1) is 5.71 Å². The number of nitrogens with zero attached hydrogens (tertiary/aromatic N) is 2. The molecule has 0 aromatic heterocycles. The van der Waals surface area contributed by atoms with E-state index in [9.17, 15) is 0 Å². The molecule has 0 atom stereocenters. The molecular formula is C5H12N2O. The Morgan fingerprint density at radius 3 is 2.25 bits per heavy atom. The normalized spacial score (nSPS) is 12.8. The molecule has 0 aromatic carbocycles. The molecule has 0 spiro atoms. The van der Waals surface area contributed by atoms with Gasteiger partial charge in [-0.05, 0) is 21.0 Å². The molecule has 0 fully saturated rings. The Hall–Kier alpha value is -0.570. The van der Waals surface area contributed by atoms with Crippen LogP contribution in [0.15, 0.2) is 5.16 Å². The minimum absolute atomic E-state index is 0.719. The van der Waals surface area contributed by atoms with Crippen molar-refractivity contribution >= 4 is 5.71 Å². The highest BCUT2D eigenvalue weighted by Crippen LogP contribution is 1.77. The zero-order chi connectivity index (χ0) is 6.57. The lowest BCUT2D eigenvalue weighted by molar-refractivity contribution is 0.314. The predicted molar refractivity (Wildman–Crippen MR) is 33.4 cm³/mol. The molecule has 0 saturated heterocycles. The summed E-state index contributed by atoms with van der Waals surface area (Å²) in [5.74, 6) is 0. The second kappa shape index (κ2) is 3.43. The largest absolute Gasteiger partial charge is 0.411 e. The van der Waals surface area contributed by atoms with Gasteiger partial charge < -0.3 is 10.1 Å². The van der Waals surface area contributed by atoms with Crippen molar-refractivity contribution in [3.63, 3.8) is 0 Å². The van der Waals surface area contributed by atoms with Crippen LogP contribution in [0.1, 0.15) is 6.92 Å². The van der Waals surface area contributed by atoms with Crippen LogP contribution in [0, 0.1) is 0 Å². The Morgan fingerprint density at radius 2 is 2.12 bits per heavy atom. The van der Waals surface area contributed by atoms with Gasteiger partial charge in [-0.15, -0.1) is 0 Å². The Kier molecular flexibility index (Phi) is 3.19. The van der Waals surface area contributed by atoms with Crippen molar-refractivity contribution in [3.8, 4) is 0 Å². The first-order valence-electron chi connectivity index (χ1n) is 2.49. The van der Waals surface area contributed by atoms with E-state index in [0.29, 0.717) is 0 Å². The van der Waals surface area contributed by atoms with Crippen molar-refractivity contribution in [2.45, 2.75) is 6.92 Å². The highest BCUT2D eigenvalue weighted by atomic mass is 16.4. The second-order valence-electron chi connectivity index (χ2n) is 2.07. The molecule has 0 aliphatic rings. The molecule has 0 rings (SSSR count). The summed E-state index contributed by atoms with van der Waals surface area (Å²) in [7, 11) is 3.85. The van der Waals surface area contributed by atoms with E-state index in [1.807, 2.05) is 19.0 Å². The van der Waals surface area contributed by atoms with E-state index in [-0.39, 0.29) is 0 Å². The number of hydrogen-bond donors (Lipinski definition) is 1. The monoisotopic (exact) mass is 116 g/mol. The summed E-state index contributed by atoms with van der Waals surface area (Å²) in [5, 5.41) is 11.1. The van der Waals surface area contributed by atoms with E-state index < -0.39 is 0 Å². The first-order chi connectivity index (χ1) is 3.66. The lowest BCUT2D eigenvalue weighted by Crippen LogP contribution is -2.19. The minimum Gasteiger partial charge on any atom is -0.411 e. The summed E-state index contributed by atoms with van der Waals surface area (Å²) >= 11 is 0. The third-order valence-electron chi connectivity index (χ3n) is 0.716. The van der Waals surface area contributed by atoms with Crippen LogP contribution < -0.4 is 0 Å². The SMILES string of the molecule is C/C(CN(C)C)=N\O. The Labute approximate surface area is 49.6 Å². The van der Waals surface area contributed by atoms with E-state index in [1.54, 1.807) is 6.92 Å². The van der Waals surface area contributed by atoms with Gasteiger partial charge >= 0.3 is 0 Å². The molecule has 0 saturated carbocycles. The van der Waals surface area contributed by atoms with E-state index in [2.05, 4.69) is 5.16 Å². The third kappa shape index (κ3) is 3.61. The zero-order valence-corrected chi connectivity index (χ0v) is 5.55. The van der Waals surface area contributed by atoms with Crippen LogP contribution in [0.3, 0.4) is 0 Å². The van der Waals surface area contributed by atoms with Gasteiger partial charge in [0.2, 0.25) is 0 Å². The highest BCUT2D eigenvalue weighted by Gasteiger charge is 1.91. The van der Waals surface area contributed by atoms with Crippen LogP contribution in [0.5, 0.6) is 0 Å². The number of oxime groups is 1. The zero-order valence-electron chi connectivity index (χ0n) is 5.55. The number of hydrogen-bond acceptors (Lipinski definition) is 3. The molecule has 1 N–H and O–H groups in total. The first kappa shape index (κ1) is 7.43. The van der Waals surface area contributed by atoms with Gasteiger partial charge in [0.1, 0.15) is 0 Å². The lowest BCUT2D eigenvalue weighted by atomic mass is 10.4. The summed E-state index contributed by atoms with van der Waals surface area (Å²) in [6, 6.07) is 0. The molecule has 0 aromatic rings. The molecular weight excluding hydrogens is 104 g/mol. The van der Waals surface area contributed by atoms with E-state index >= 15 is 0 Å². The third-order valence-corrected chi connectivity index (χ3v) is 0.716. The Morgan fingerprint density at radius 1 is 1.62 bits per heavy atom. The summed E-state index contributed by atoms with van der Waals surface area (Å²) in [6.45, 7) is 2.50. The summed E-state index contributed by atoms with van der Waals surface area (Å²) in [5.41, 5.74) is 0.731. The van der Waals surface area contributed by atoms with Crippen molar-refractivity contribution < 1.29 is 5.21 Å². The Balaban J connectivity index is 3.39. The van der Waals surface area contributed by atoms with Crippen molar-refractivity contribution in [3.05, 3.63) is 0 Å². The molecule has 0 bridgehead atoms. The van der Waals surface area contributed by atoms with Gasteiger partial charge in [-0.25, -0.2) is 0 Å². The predicted octanol–water partition coefficient (Wildman–Crippen LogP) is 0.398. The van der Waals surface area contributed by atoms with Gasteiger partial charge in [-0.1, -0.05) is 5.16 Å². The molecule has 0 aliphatic carbocycles. The van der Waals surface area contributed by atoms with E-state index in [1.165, 1.54) is 0 Å².